The summed E-state index contributed by atoms with van der Waals surface area (Å²) in [4.78, 5) is 10.9. The van der Waals surface area contributed by atoms with Crippen molar-refractivity contribution in [1.29, 1.82) is 0 Å². The SMILES string of the molecule is CS(=O)(=O)c1cccc(Oc2ccc(C(=O)O)cc2)c1. The molecule has 2 aromatic rings. The van der Waals surface area contributed by atoms with E-state index in [0.29, 0.717) is 11.5 Å². The van der Waals surface area contributed by atoms with Crippen LogP contribution in [-0.2, 0) is 9.84 Å². The minimum Gasteiger partial charge on any atom is -0.478 e. The van der Waals surface area contributed by atoms with Gasteiger partial charge in [-0.1, -0.05) is 6.07 Å². The minimum absolute atomic E-state index is 0.155. The van der Waals surface area contributed by atoms with E-state index in [0.717, 1.165) is 6.26 Å². The van der Waals surface area contributed by atoms with Crippen molar-refractivity contribution in [1.82, 2.24) is 0 Å². The van der Waals surface area contributed by atoms with Gasteiger partial charge in [-0.25, -0.2) is 13.2 Å². The fourth-order valence-electron chi connectivity index (χ4n) is 1.57. The molecular weight excluding hydrogens is 280 g/mol. The lowest BCUT2D eigenvalue weighted by Crippen LogP contribution is -1.97. The van der Waals surface area contributed by atoms with E-state index in [4.69, 9.17) is 9.84 Å². The van der Waals surface area contributed by atoms with Crippen molar-refractivity contribution in [3.63, 3.8) is 0 Å². The van der Waals surface area contributed by atoms with Gasteiger partial charge >= 0.3 is 5.97 Å². The predicted molar refractivity (Wildman–Crippen MR) is 73.0 cm³/mol. The Bertz CT molecular complexity index is 732. The molecule has 0 saturated carbocycles. The summed E-state index contributed by atoms with van der Waals surface area (Å²) in [5.74, 6) is -0.215. The number of sulfone groups is 1. The van der Waals surface area contributed by atoms with Gasteiger partial charge in [-0.15, -0.1) is 0 Å². The molecule has 0 unspecified atom stereocenters. The second-order valence-corrected chi connectivity index (χ2v) is 6.19. The maximum Gasteiger partial charge on any atom is 0.335 e. The van der Waals surface area contributed by atoms with Crippen LogP contribution in [0.4, 0.5) is 0 Å². The van der Waals surface area contributed by atoms with Crippen molar-refractivity contribution in [3.8, 4) is 11.5 Å². The second-order valence-electron chi connectivity index (χ2n) is 4.18. The van der Waals surface area contributed by atoms with Crippen LogP contribution in [0, 0.1) is 0 Å². The highest BCUT2D eigenvalue weighted by Crippen LogP contribution is 2.24. The van der Waals surface area contributed by atoms with Gasteiger partial charge < -0.3 is 9.84 Å². The van der Waals surface area contributed by atoms with Crippen LogP contribution in [0.1, 0.15) is 10.4 Å². The summed E-state index contributed by atoms with van der Waals surface area (Å²) < 4.78 is 28.4. The van der Waals surface area contributed by atoms with Crippen molar-refractivity contribution >= 4 is 15.8 Å². The molecule has 0 aliphatic carbocycles. The van der Waals surface area contributed by atoms with Crippen molar-refractivity contribution in [2.45, 2.75) is 4.90 Å². The molecule has 20 heavy (non-hydrogen) atoms. The van der Waals surface area contributed by atoms with E-state index in [-0.39, 0.29) is 10.5 Å². The summed E-state index contributed by atoms with van der Waals surface area (Å²) >= 11 is 0. The van der Waals surface area contributed by atoms with Crippen LogP contribution in [0.5, 0.6) is 11.5 Å². The molecule has 0 atom stereocenters. The third-order valence-electron chi connectivity index (χ3n) is 2.57. The van der Waals surface area contributed by atoms with Gasteiger partial charge in [-0.2, -0.15) is 0 Å². The van der Waals surface area contributed by atoms with E-state index in [9.17, 15) is 13.2 Å². The zero-order valence-corrected chi connectivity index (χ0v) is 11.4. The predicted octanol–water partition coefficient (Wildman–Crippen LogP) is 2.58. The Balaban J connectivity index is 2.24. The molecule has 0 amide bonds. The lowest BCUT2D eigenvalue weighted by molar-refractivity contribution is 0.0697. The summed E-state index contributed by atoms with van der Waals surface area (Å²) in [5, 5.41) is 8.78. The average molecular weight is 292 g/mol. The summed E-state index contributed by atoms with van der Waals surface area (Å²) in [7, 11) is -3.29. The molecule has 104 valence electrons. The highest BCUT2D eigenvalue weighted by atomic mass is 32.2. The second kappa shape index (κ2) is 5.34. The average Bonchev–Trinajstić information content (AvgIpc) is 2.38. The van der Waals surface area contributed by atoms with Crippen molar-refractivity contribution in [2.75, 3.05) is 6.26 Å². The number of carboxylic acids is 1. The Morgan fingerprint density at radius 2 is 1.70 bits per heavy atom. The van der Waals surface area contributed by atoms with Gasteiger partial charge in [0.1, 0.15) is 11.5 Å². The third kappa shape index (κ3) is 3.36. The molecule has 2 rings (SSSR count). The monoisotopic (exact) mass is 292 g/mol. The number of aromatic carboxylic acids is 1. The van der Waals surface area contributed by atoms with Gasteiger partial charge in [0.25, 0.3) is 0 Å². The van der Waals surface area contributed by atoms with Gasteiger partial charge in [-0.3, -0.25) is 0 Å². The highest BCUT2D eigenvalue weighted by molar-refractivity contribution is 7.90. The quantitative estimate of drug-likeness (QED) is 0.936. The molecule has 0 fully saturated rings. The third-order valence-corrected chi connectivity index (χ3v) is 3.68. The Hall–Kier alpha value is -2.34. The molecule has 1 N–H and O–H groups in total. The summed E-state index contributed by atoms with van der Waals surface area (Å²) in [6, 6.07) is 12.0. The number of hydrogen-bond acceptors (Lipinski definition) is 4. The molecule has 0 bridgehead atoms. The smallest absolute Gasteiger partial charge is 0.335 e. The number of rotatable bonds is 4. The van der Waals surface area contributed by atoms with Crippen LogP contribution in [0.25, 0.3) is 0 Å². The molecule has 0 aliphatic rings. The molecule has 0 saturated heterocycles. The van der Waals surface area contributed by atoms with E-state index >= 15 is 0 Å². The molecule has 0 aliphatic heterocycles. The fourth-order valence-corrected chi connectivity index (χ4v) is 2.23. The largest absolute Gasteiger partial charge is 0.478 e. The standard InChI is InChI=1S/C14H12O5S/c1-20(17,18)13-4-2-3-12(9-13)19-11-7-5-10(6-8-11)14(15)16/h2-9H,1H3,(H,15,16). The van der Waals surface area contributed by atoms with E-state index in [1.54, 1.807) is 12.1 Å². The van der Waals surface area contributed by atoms with E-state index in [1.165, 1.54) is 36.4 Å². The summed E-state index contributed by atoms with van der Waals surface area (Å²) in [6.45, 7) is 0. The molecular formula is C14H12O5S. The highest BCUT2D eigenvalue weighted by Gasteiger charge is 2.08. The van der Waals surface area contributed by atoms with Crippen molar-refractivity contribution < 1.29 is 23.1 Å². The van der Waals surface area contributed by atoms with Gasteiger partial charge in [0.15, 0.2) is 9.84 Å². The minimum atomic E-state index is -3.29. The number of carboxylic acid groups (broad SMARTS) is 1. The molecule has 5 nitrogen and oxygen atoms in total. The van der Waals surface area contributed by atoms with Crippen molar-refractivity contribution in [3.05, 3.63) is 54.1 Å². The van der Waals surface area contributed by atoms with Crippen molar-refractivity contribution in [2.24, 2.45) is 0 Å². The zero-order chi connectivity index (χ0) is 14.8. The Morgan fingerprint density at radius 3 is 2.25 bits per heavy atom. The number of ether oxygens (including phenoxy) is 1. The Morgan fingerprint density at radius 1 is 1.05 bits per heavy atom. The van der Waals surface area contributed by atoms with Gasteiger partial charge in [0.2, 0.25) is 0 Å². The Labute approximate surface area is 116 Å². The number of benzene rings is 2. The molecule has 0 aromatic heterocycles. The van der Waals surface area contributed by atoms with E-state index in [2.05, 4.69) is 0 Å². The fraction of sp³-hybridized carbons (Fsp3) is 0.0714. The maximum absolute atomic E-state index is 11.4. The lowest BCUT2D eigenvalue weighted by atomic mass is 10.2. The van der Waals surface area contributed by atoms with E-state index < -0.39 is 15.8 Å². The zero-order valence-electron chi connectivity index (χ0n) is 10.6. The molecule has 2 aromatic carbocycles. The first kappa shape index (κ1) is 14.1. The Kier molecular flexibility index (Phi) is 3.76. The van der Waals surface area contributed by atoms with E-state index in [1.807, 2.05) is 0 Å². The lowest BCUT2D eigenvalue weighted by Gasteiger charge is -2.07. The number of carbonyl (C=O) groups is 1. The maximum atomic E-state index is 11.4. The van der Waals surface area contributed by atoms with Crippen LogP contribution in [0.15, 0.2) is 53.4 Å². The van der Waals surface area contributed by atoms with Crippen LogP contribution in [-0.4, -0.2) is 25.7 Å². The molecule has 0 heterocycles. The first-order chi connectivity index (χ1) is 9.36. The normalized spacial score (nSPS) is 11.1. The van der Waals surface area contributed by atoms with Gasteiger partial charge in [-0.05, 0) is 42.5 Å². The topological polar surface area (TPSA) is 80.7 Å². The van der Waals surface area contributed by atoms with Crippen LogP contribution in [0.3, 0.4) is 0 Å². The first-order valence-electron chi connectivity index (χ1n) is 5.67. The number of hydrogen-bond donors (Lipinski definition) is 1. The summed E-state index contributed by atoms with van der Waals surface area (Å²) in [5.41, 5.74) is 0.155. The molecule has 6 heteroatoms. The van der Waals surface area contributed by atoms with Crippen LogP contribution >= 0.6 is 0 Å². The molecule has 0 radical (unpaired) electrons. The summed E-state index contributed by atoms with van der Waals surface area (Å²) in [6.07, 6.45) is 1.12. The van der Waals surface area contributed by atoms with Gasteiger partial charge in [0.05, 0.1) is 10.5 Å². The van der Waals surface area contributed by atoms with Crippen LogP contribution in [0.2, 0.25) is 0 Å². The first-order valence-corrected chi connectivity index (χ1v) is 7.57. The molecule has 0 spiro atoms. The van der Waals surface area contributed by atoms with Crippen LogP contribution < -0.4 is 4.74 Å². The van der Waals surface area contributed by atoms with Gasteiger partial charge in [0, 0.05) is 6.26 Å².